The summed E-state index contributed by atoms with van der Waals surface area (Å²) in [5.74, 6) is -0.118. The fourth-order valence-corrected chi connectivity index (χ4v) is 1.72. The van der Waals surface area contributed by atoms with Crippen molar-refractivity contribution in [2.45, 2.75) is 25.3 Å². The minimum atomic E-state index is -0.995. The molecule has 1 heterocycles. The third kappa shape index (κ3) is 2.16. The maximum absolute atomic E-state index is 11.6. The summed E-state index contributed by atoms with van der Waals surface area (Å²) >= 11 is 0. The molecule has 14 heavy (non-hydrogen) atoms. The zero-order valence-electron chi connectivity index (χ0n) is 8.56. The SMILES string of the molecule is CN(C)C(=O)[C@H]1CCCCN1C(=O)O. The number of hydrogen-bond acceptors (Lipinski definition) is 2. The van der Waals surface area contributed by atoms with Crippen molar-refractivity contribution >= 4 is 12.0 Å². The number of nitrogens with zero attached hydrogens (tertiary/aromatic N) is 2. The van der Waals surface area contributed by atoms with Crippen molar-refractivity contribution in [1.82, 2.24) is 9.80 Å². The summed E-state index contributed by atoms with van der Waals surface area (Å²) in [5.41, 5.74) is 0. The van der Waals surface area contributed by atoms with E-state index in [1.807, 2.05) is 0 Å². The highest BCUT2D eigenvalue weighted by Gasteiger charge is 2.32. The van der Waals surface area contributed by atoms with E-state index in [4.69, 9.17) is 5.11 Å². The quantitative estimate of drug-likeness (QED) is 0.674. The Morgan fingerprint density at radius 1 is 1.36 bits per heavy atom. The molecule has 0 unspecified atom stereocenters. The Labute approximate surface area is 83.3 Å². The van der Waals surface area contributed by atoms with Crippen LogP contribution in [0.5, 0.6) is 0 Å². The second-order valence-corrected chi connectivity index (χ2v) is 3.72. The van der Waals surface area contributed by atoms with E-state index in [0.29, 0.717) is 13.0 Å². The van der Waals surface area contributed by atoms with Gasteiger partial charge in [-0.25, -0.2) is 4.79 Å². The van der Waals surface area contributed by atoms with Crippen LogP contribution < -0.4 is 0 Å². The van der Waals surface area contributed by atoms with Gasteiger partial charge < -0.3 is 10.0 Å². The van der Waals surface area contributed by atoms with Gasteiger partial charge in [-0.15, -0.1) is 0 Å². The van der Waals surface area contributed by atoms with Crippen molar-refractivity contribution < 1.29 is 14.7 Å². The first-order chi connectivity index (χ1) is 6.54. The molecule has 2 amide bonds. The normalized spacial score (nSPS) is 21.9. The molecular formula is C9H16N2O3. The van der Waals surface area contributed by atoms with Crippen molar-refractivity contribution in [3.8, 4) is 0 Å². The van der Waals surface area contributed by atoms with E-state index < -0.39 is 12.1 Å². The molecule has 0 radical (unpaired) electrons. The minimum absolute atomic E-state index is 0.118. The molecule has 0 aromatic heterocycles. The molecule has 0 saturated carbocycles. The van der Waals surface area contributed by atoms with Gasteiger partial charge in [0.2, 0.25) is 5.91 Å². The number of likely N-dealkylation sites (N-methyl/N-ethyl adjacent to an activating group) is 1. The molecule has 80 valence electrons. The first-order valence-corrected chi connectivity index (χ1v) is 4.74. The molecule has 0 aromatic rings. The van der Waals surface area contributed by atoms with Gasteiger partial charge in [-0.2, -0.15) is 0 Å². The van der Waals surface area contributed by atoms with Crippen LogP contribution in [0.4, 0.5) is 4.79 Å². The highest BCUT2D eigenvalue weighted by molar-refractivity contribution is 5.85. The number of carbonyl (C=O) groups excluding carboxylic acids is 1. The Hall–Kier alpha value is -1.26. The highest BCUT2D eigenvalue weighted by Crippen LogP contribution is 2.18. The zero-order valence-corrected chi connectivity index (χ0v) is 8.56. The Balaban J connectivity index is 2.72. The smallest absolute Gasteiger partial charge is 0.407 e. The summed E-state index contributed by atoms with van der Waals surface area (Å²) in [7, 11) is 3.30. The number of rotatable bonds is 1. The van der Waals surface area contributed by atoms with Crippen LogP contribution >= 0.6 is 0 Å². The summed E-state index contributed by atoms with van der Waals surface area (Å²) < 4.78 is 0. The average molecular weight is 200 g/mol. The van der Waals surface area contributed by atoms with Gasteiger partial charge in [0.25, 0.3) is 0 Å². The molecule has 1 atom stereocenters. The van der Waals surface area contributed by atoms with Crippen LogP contribution in [0, 0.1) is 0 Å². The summed E-state index contributed by atoms with van der Waals surface area (Å²) in [6.07, 6.45) is 1.42. The van der Waals surface area contributed by atoms with Crippen molar-refractivity contribution in [2.24, 2.45) is 0 Å². The van der Waals surface area contributed by atoms with Crippen molar-refractivity contribution in [3.05, 3.63) is 0 Å². The zero-order chi connectivity index (χ0) is 10.7. The van der Waals surface area contributed by atoms with Crippen LogP contribution in [0.15, 0.2) is 0 Å². The van der Waals surface area contributed by atoms with Gasteiger partial charge in [0.15, 0.2) is 0 Å². The van der Waals surface area contributed by atoms with E-state index >= 15 is 0 Å². The fraction of sp³-hybridized carbons (Fsp3) is 0.778. The molecule has 1 rings (SSSR count). The summed E-state index contributed by atoms with van der Waals surface area (Å²) in [6.45, 7) is 0.472. The third-order valence-electron chi connectivity index (χ3n) is 2.47. The molecule has 5 heteroatoms. The lowest BCUT2D eigenvalue weighted by Crippen LogP contribution is -2.51. The number of carboxylic acid groups (broad SMARTS) is 1. The van der Waals surface area contributed by atoms with E-state index in [1.165, 1.54) is 9.80 Å². The monoisotopic (exact) mass is 200 g/mol. The minimum Gasteiger partial charge on any atom is -0.465 e. The summed E-state index contributed by atoms with van der Waals surface area (Å²) in [4.78, 5) is 25.2. The molecule has 1 saturated heterocycles. The largest absolute Gasteiger partial charge is 0.465 e. The van der Waals surface area contributed by atoms with Gasteiger partial charge >= 0.3 is 6.09 Å². The number of likely N-dealkylation sites (tertiary alicyclic amines) is 1. The van der Waals surface area contributed by atoms with E-state index in [2.05, 4.69) is 0 Å². The molecule has 1 aliphatic rings. The van der Waals surface area contributed by atoms with Crippen LogP contribution in [-0.2, 0) is 4.79 Å². The summed E-state index contributed by atoms with van der Waals surface area (Å²) in [5, 5.41) is 8.89. The Bertz CT molecular complexity index is 240. The number of piperidine rings is 1. The molecular weight excluding hydrogens is 184 g/mol. The molecule has 1 aliphatic heterocycles. The molecule has 0 aliphatic carbocycles. The lowest BCUT2D eigenvalue weighted by atomic mass is 10.0. The predicted molar refractivity (Wildman–Crippen MR) is 51.1 cm³/mol. The topological polar surface area (TPSA) is 60.9 Å². The Morgan fingerprint density at radius 2 is 2.00 bits per heavy atom. The molecule has 1 N–H and O–H groups in total. The molecule has 0 aromatic carbocycles. The van der Waals surface area contributed by atoms with Crippen LogP contribution in [0.1, 0.15) is 19.3 Å². The van der Waals surface area contributed by atoms with E-state index in [9.17, 15) is 9.59 Å². The first-order valence-electron chi connectivity index (χ1n) is 4.74. The van der Waals surface area contributed by atoms with Crippen LogP contribution in [0.3, 0.4) is 0 Å². The molecule has 5 nitrogen and oxygen atoms in total. The van der Waals surface area contributed by atoms with Crippen molar-refractivity contribution in [2.75, 3.05) is 20.6 Å². The number of amides is 2. The molecule has 0 spiro atoms. The molecule has 1 fully saturated rings. The van der Waals surface area contributed by atoms with Gasteiger partial charge in [0.05, 0.1) is 0 Å². The highest BCUT2D eigenvalue weighted by atomic mass is 16.4. The number of hydrogen-bond donors (Lipinski definition) is 1. The van der Waals surface area contributed by atoms with Crippen LogP contribution in [0.2, 0.25) is 0 Å². The van der Waals surface area contributed by atoms with E-state index in [1.54, 1.807) is 14.1 Å². The maximum atomic E-state index is 11.6. The Kier molecular flexibility index (Phi) is 3.33. The van der Waals surface area contributed by atoms with Gasteiger partial charge in [0.1, 0.15) is 6.04 Å². The molecule has 0 bridgehead atoms. The standard InChI is InChI=1S/C9H16N2O3/c1-10(2)8(12)7-5-3-4-6-11(7)9(13)14/h7H,3-6H2,1-2H3,(H,13,14)/t7-/m1/s1. The van der Waals surface area contributed by atoms with Gasteiger partial charge in [-0.1, -0.05) is 0 Å². The van der Waals surface area contributed by atoms with Gasteiger partial charge in [-0.3, -0.25) is 9.69 Å². The van der Waals surface area contributed by atoms with Crippen molar-refractivity contribution in [1.29, 1.82) is 0 Å². The first kappa shape index (κ1) is 10.8. The average Bonchev–Trinajstić information content (AvgIpc) is 2.16. The lowest BCUT2D eigenvalue weighted by Gasteiger charge is -2.33. The second kappa shape index (κ2) is 4.30. The van der Waals surface area contributed by atoms with E-state index in [0.717, 1.165) is 12.8 Å². The van der Waals surface area contributed by atoms with Crippen LogP contribution in [0.25, 0.3) is 0 Å². The van der Waals surface area contributed by atoms with Gasteiger partial charge in [0, 0.05) is 20.6 Å². The number of carbonyl (C=O) groups is 2. The summed E-state index contributed by atoms with van der Waals surface area (Å²) in [6, 6.07) is -0.476. The predicted octanol–water partition coefficient (Wildman–Crippen LogP) is 0.607. The van der Waals surface area contributed by atoms with E-state index in [-0.39, 0.29) is 5.91 Å². The maximum Gasteiger partial charge on any atom is 0.407 e. The second-order valence-electron chi connectivity index (χ2n) is 3.72. The van der Waals surface area contributed by atoms with Gasteiger partial charge in [-0.05, 0) is 19.3 Å². The lowest BCUT2D eigenvalue weighted by molar-refractivity contribution is -0.134. The Morgan fingerprint density at radius 3 is 2.50 bits per heavy atom. The fourth-order valence-electron chi connectivity index (χ4n) is 1.72. The van der Waals surface area contributed by atoms with Crippen molar-refractivity contribution in [3.63, 3.8) is 0 Å². The van der Waals surface area contributed by atoms with Crippen LogP contribution in [-0.4, -0.2) is 53.6 Å². The third-order valence-corrected chi connectivity index (χ3v) is 2.47.